The van der Waals surface area contributed by atoms with E-state index in [-0.39, 0.29) is 12.5 Å². The zero-order valence-electron chi connectivity index (χ0n) is 14.0. The van der Waals surface area contributed by atoms with Crippen molar-refractivity contribution in [2.24, 2.45) is 5.73 Å². The maximum Gasteiger partial charge on any atom is 0.268 e. The van der Waals surface area contributed by atoms with Crippen LogP contribution in [-0.4, -0.2) is 35.3 Å². The molecule has 1 aliphatic heterocycles. The zero-order chi connectivity index (χ0) is 19.1. The quantitative estimate of drug-likeness (QED) is 0.621. The smallest absolute Gasteiger partial charge is 0.268 e. The molecule has 138 valence electrons. The van der Waals surface area contributed by atoms with Crippen LogP contribution in [0, 0.1) is 0 Å². The van der Waals surface area contributed by atoms with E-state index in [9.17, 15) is 14.4 Å². The maximum absolute atomic E-state index is 12.8. The number of aromatic nitrogens is 1. The number of carbonyl (C=O) groups is 3. The standard InChI is InChI=1S/C18H15ClN4O3S/c19-14-7-10-6-11(22-17(10)27-14)16(25)21-12-5-9-3-1-2-4-13(9)23(18(12)26)8-15(20)24/h1-4,6-7,12,22H,5,8H2,(H2,20,24)(H,21,25)/t12-/m0/s1. The lowest BCUT2D eigenvalue weighted by molar-refractivity contribution is -0.123. The van der Waals surface area contributed by atoms with E-state index >= 15 is 0 Å². The molecule has 0 fully saturated rings. The molecule has 3 aromatic rings. The number of para-hydroxylation sites is 1. The molecule has 0 spiro atoms. The largest absolute Gasteiger partial charge is 0.368 e. The van der Waals surface area contributed by atoms with Crippen LogP contribution >= 0.6 is 22.9 Å². The van der Waals surface area contributed by atoms with Crippen LogP contribution in [0.1, 0.15) is 16.1 Å². The molecule has 4 N–H and O–H groups in total. The van der Waals surface area contributed by atoms with Gasteiger partial charge < -0.3 is 20.9 Å². The number of hydrogen-bond donors (Lipinski definition) is 3. The number of primary amides is 1. The molecule has 2 aromatic heterocycles. The van der Waals surface area contributed by atoms with Crippen molar-refractivity contribution in [1.29, 1.82) is 0 Å². The summed E-state index contributed by atoms with van der Waals surface area (Å²) in [7, 11) is 0. The molecule has 0 radical (unpaired) electrons. The number of amides is 3. The summed E-state index contributed by atoms with van der Waals surface area (Å²) in [6.45, 7) is -0.237. The lowest BCUT2D eigenvalue weighted by atomic mass is 9.97. The number of anilines is 1. The summed E-state index contributed by atoms with van der Waals surface area (Å²) in [6.07, 6.45) is 0.344. The van der Waals surface area contributed by atoms with Crippen LogP contribution in [0.5, 0.6) is 0 Å². The van der Waals surface area contributed by atoms with Gasteiger partial charge in [0.1, 0.15) is 23.1 Å². The average Bonchev–Trinajstić information content (AvgIpc) is 3.15. The van der Waals surface area contributed by atoms with Crippen LogP contribution in [0.15, 0.2) is 36.4 Å². The number of benzene rings is 1. The number of thiophene rings is 1. The van der Waals surface area contributed by atoms with E-state index in [2.05, 4.69) is 10.3 Å². The predicted octanol–water partition coefficient (Wildman–Crippen LogP) is 2.06. The minimum atomic E-state index is -0.781. The van der Waals surface area contributed by atoms with Crippen LogP contribution in [0.3, 0.4) is 0 Å². The van der Waals surface area contributed by atoms with E-state index in [1.165, 1.54) is 16.2 Å². The molecule has 7 nitrogen and oxygen atoms in total. The van der Waals surface area contributed by atoms with E-state index in [1.807, 2.05) is 12.1 Å². The highest BCUT2D eigenvalue weighted by Crippen LogP contribution is 2.30. The molecule has 3 heterocycles. The minimum absolute atomic E-state index is 0.237. The Morgan fingerprint density at radius 3 is 2.85 bits per heavy atom. The van der Waals surface area contributed by atoms with Gasteiger partial charge in [0.15, 0.2) is 0 Å². The van der Waals surface area contributed by atoms with Gasteiger partial charge in [0.2, 0.25) is 11.8 Å². The number of nitrogens with two attached hydrogens (primary N) is 1. The van der Waals surface area contributed by atoms with Crippen molar-refractivity contribution >= 4 is 56.6 Å². The molecule has 1 aliphatic rings. The Bertz CT molecular complexity index is 1040. The van der Waals surface area contributed by atoms with Gasteiger partial charge >= 0.3 is 0 Å². The molecule has 1 atom stereocenters. The first-order chi connectivity index (χ1) is 12.9. The molecule has 0 saturated carbocycles. The molecule has 0 saturated heterocycles. The Morgan fingerprint density at radius 1 is 1.33 bits per heavy atom. The molecule has 3 amide bonds. The summed E-state index contributed by atoms with van der Waals surface area (Å²) >= 11 is 7.28. The summed E-state index contributed by atoms with van der Waals surface area (Å²) in [6, 6.07) is 9.94. The van der Waals surface area contributed by atoms with Gasteiger partial charge in [0, 0.05) is 17.5 Å². The van der Waals surface area contributed by atoms with Gasteiger partial charge in [0.05, 0.1) is 4.34 Å². The Hall–Kier alpha value is -2.84. The third-order valence-electron chi connectivity index (χ3n) is 4.41. The SMILES string of the molecule is NC(=O)CN1C(=O)[C@@H](NC(=O)c2cc3cc(Cl)sc3[nH]2)Cc2ccccc21. The van der Waals surface area contributed by atoms with Crippen molar-refractivity contribution in [2.45, 2.75) is 12.5 Å². The lowest BCUT2D eigenvalue weighted by Gasteiger charge is -2.33. The number of nitrogens with zero attached hydrogens (tertiary/aromatic N) is 1. The van der Waals surface area contributed by atoms with Crippen molar-refractivity contribution in [2.75, 3.05) is 11.4 Å². The van der Waals surface area contributed by atoms with E-state index in [1.54, 1.807) is 24.3 Å². The number of fused-ring (bicyclic) bond motifs is 2. The first-order valence-corrected chi connectivity index (χ1v) is 9.38. The average molecular weight is 403 g/mol. The first-order valence-electron chi connectivity index (χ1n) is 8.19. The van der Waals surface area contributed by atoms with Crippen LogP contribution in [0.25, 0.3) is 10.2 Å². The molecule has 27 heavy (non-hydrogen) atoms. The topological polar surface area (TPSA) is 108 Å². The summed E-state index contributed by atoms with van der Waals surface area (Å²) in [5.74, 6) is -1.38. The second kappa shape index (κ2) is 6.71. The molecular formula is C18H15ClN4O3S. The molecule has 0 aliphatic carbocycles. The second-order valence-electron chi connectivity index (χ2n) is 6.27. The van der Waals surface area contributed by atoms with Crippen LogP contribution in [-0.2, 0) is 16.0 Å². The van der Waals surface area contributed by atoms with Gasteiger partial charge in [-0.1, -0.05) is 29.8 Å². The molecule has 0 bridgehead atoms. The van der Waals surface area contributed by atoms with Crippen molar-refractivity contribution in [3.8, 4) is 0 Å². The number of hydrogen-bond acceptors (Lipinski definition) is 4. The zero-order valence-corrected chi connectivity index (χ0v) is 15.6. The third-order valence-corrected chi connectivity index (χ3v) is 5.61. The number of halogens is 1. The number of H-pyrrole nitrogens is 1. The van der Waals surface area contributed by atoms with Crippen molar-refractivity contribution in [3.05, 3.63) is 52.0 Å². The minimum Gasteiger partial charge on any atom is -0.368 e. The summed E-state index contributed by atoms with van der Waals surface area (Å²) in [5, 5.41) is 3.59. The number of rotatable bonds is 4. The van der Waals surface area contributed by atoms with Crippen molar-refractivity contribution in [3.63, 3.8) is 0 Å². The van der Waals surface area contributed by atoms with Gasteiger partial charge in [-0.3, -0.25) is 14.4 Å². The maximum atomic E-state index is 12.8. The number of nitrogens with one attached hydrogen (secondary N) is 2. The molecule has 1 aromatic carbocycles. The van der Waals surface area contributed by atoms with Gasteiger partial charge in [-0.05, 0) is 23.8 Å². The number of aromatic amines is 1. The lowest BCUT2D eigenvalue weighted by Crippen LogP contribution is -2.54. The molecular weight excluding hydrogens is 388 g/mol. The van der Waals surface area contributed by atoms with Crippen LogP contribution in [0.4, 0.5) is 5.69 Å². The normalized spacial score (nSPS) is 16.4. The Morgan fingerprint density at radius 2 is 2.11 bits per heavy atom. The predicted molar refractivity (Wildman–Crippen MR) is 104 cm³/mol. The Kier molecular flexibility index (Phi) is 4.37. The fourth-order valence-corrected chi connectivity index (χ4v) is 4.37. The summed E-state index contributed by atoms with van der Waals surface area (Å²) in [4.78, 5) is 42.0. The Balaban J connectivity index is 1.59. The van der Waals surface area contributed by atoms with Crippen LogP contribution in [0.2, 0.25) is 4.34 Å². The molecule has 4 rings (SSSR count). The van der Waals surface area contributed by atoms with E-state index < -0.39 is 17.9 Å². The highest BCUT2D eigenvalue weighted by atomic mass is 35.5. The van der Waals surface area contributed by atoms with E-state index in [4.69, 9.17) is 17.3 Å². The summed E-state index contributed by atoms with van der Waals surface area (Å²) in [5.41, 5.74) is 7.14. The van der Waals surface area contributed by atoms with Crippen molar-refractivity contribution in [1.82, 2.24) is 10.3 Å². The highest BCUT2D eigenvalue weighted by Gasteiger charge is 2.34. The van der Waals surface area contributed by atoms with Gasteiger partial charge in [-0.15, -0.1) is 11.3 Å². The van der Waals surface area contributed by atoms with Gasteiger partial charge in [-0.2, -0.15) is 0 Å². The third kappa shape index (κ3) is 3.29. The van der Waals surface area contributed by atoms with Crippen molar-refractivity contribution < 1.29 is 14.4 Å². The van der Waals surface area contributed by atoms with Gasteiger partial charge in [0.25, 0.3) is 5.91 Å². The summed E-state index contributed by atoms with van der Waals surface area (Å²) < 4.78 is 0.629. The van der Waals surface area contributed by atoms with E-state index in [0.29, 0.717) is 22.1 Å². The number of carbonyl (C=O) groups excluding carboxylic acids is 3. The van der Waals surface area contributed by atoms with E-state index in [0.717, 1.165) is 15.8 Å². The first kappa shape index (κ1) is 17.6. The van der Waals surface area contributed by atoms with Gasteiger partial charge in [-0.25, -0.2) is 0 Å². The highest BCUT2D eigenvalue weighted by molar-refractivity contribution is 7.22. The fraction of sp³-hybridized carbons (Fsp3) is 0.167. The molecule has 0 unspecified atom stereocenters. The second-order valence-corrected chi connectivity index (χ2v) is 7.95. The monoisotopic (exact) mass is 402 g/mol. The Labute approximate surface area is 163 Å². The molecule has 9 heteroatoms. The van der Waals surface area contributed by atoms with Crippen LogP contribution < -0.4 is 16.0 Å². The fourth-order valence-electron chi connectivity index (χ4n) is 3.24.